The fraction of sp³-hybridized carbons (Fsp3) is 0.552. The Balaban J connectivity index is 1.11. The summed E-state index contributed by atoms with van der Waals surface area (Å²) in [4.78, 5) is 11.3. The van der Waals surface area contributed by atoms with Gasteiger partial charge in [0.05, 0.1) is 5.69 Å². The number of likely N-dealkylation sites (tertiary alicyclic amines) is 2. The standard InChI is InChI=1S/C29H37FN4S/c1-35-26-8-6-23(7-9-26)28-20-34-19-24(17-27(30)29(34)31-28)22-10-15-33(16-11-22)25-3-2-13-32(14-12-25)18-21-4-5-21/h6-9,17,19-22,25H,2-5,10-16,18H2,1H3. The Kier molecular flexibility index (Phi) is 6.87. The normalized spacial score (nSPS) is 23.1. The van der Waals surface area contributed by atoms with E-state index in [4.69, 9.17) is 0 Å². The van der Waals surface area contributed by atoms with Gasteiger partial charge in [0, 0.05) is 35.4 Å². The van der Waals surface area contributed by atoms with E-state index < -0.39 is 0 Å². The summed E-state index contributed by atoms with van der Waals surface area (Å²) in [5.41, 5.74) is 3.39. The third-order valence-electron chi connectivity index (χ3n) is 8.43. The van der Waals surface area contributed by atoms with E-state index in [9.17, 15) is 0 Å². The van der Waals surface area contributed by atoms with Crippen LogP contribution in [0.5, 0.6) is 0 Å². The van der Waals surface area contributed by atoms with Crippen LogP contribution in [-0.4, -0.2) is 64.2 Å². The van der Waals surface area contributed by atoms with E-state index in [0.29, 0.717) is 11.6 Å². The quantitative estimate of drug-likeness (QED) is 0.377. The number of thioether (sulfide) groups is 1. The summed E-state index contributed by atoms with van der Waals surface area (Å²) in [5.74, 6) is 1.21. The third kappa shape index (κ3) is 5.30. The molecule has 4 nitrogen and oxygen atoms in total. The number of hydrogen-bond donors (Lipinski definition) is 0. The molecular formula is C29H37FN4S. The SMILES string of the molecule is CSc1ccc(-c2cn3cc(C4CCN(C5CCCN(CC6CC6)CC5)CC4)cc(F)c3n2)cc1. The number of fused-ring (bicyclic) bond motifs is 1. The molecule has 0 amide bonds. The Bertz CT molecular complexity index is 1150. The predicted molar refractivity (Wildman–Crippen MR) is 143 cm³/mol. The fourth-order valence-electron chi connectivity index (χ4n) is 6.15. The van der Waals surface area contributed by atoms with Crippen LogP contribution in [0.2, 0.25) is 0 Å². The number of rotatable bonds is 6. The molecule has 1 aliphatic carbocycles. The molecule has 0 N–H and O–H groups in total. The summed E-state index contributed by atoms with van der Waals surface area (Å²) in [5, 5.41) is 0. The summed E-state index contributed by atoms with van der Waals surface area (Å²) < 4.78 is 17.0. The van der Waals surface area contributed by atoms with Crippen molar-refractivity contribution in [2.24, 2.45) is 5.92 Å². The van der Waals surface area contributed by atoms with Gasteiger partial charge in [0.1, 0.15) is 0 Å². The highest BCUT2D eigenvalue weighted by Gasteiger charge is 2.30. The minimum atomic E-state index is -0.212. The van der Waals surface area contributed by atoms with E-state index >= 15 is 4.39 Å². The molecule has 3 fully saturated rings. The Morgan fingerprint density at radius 3 is 2.49 bits per heavy atom. The number of halogens is 1. The molecule has 1 saturated carbocycles. The van der Waals surface area contributed by atoms with E-state index in [1.54, 1.807) is 17.8 Å². The molecule has 3 aromatic rings. The second kappa shape index (κ2) is 10.2. The van der Waals surface area contributed by atoms with Crippen molar-refractivity contribution in [3.63, 3.8) is 0 Å². The minimum absolute atomic E-state index is 0.212. The first-order valence-corrected chi connectivity index (χ1v) is 14.7. The van der Waals surface area contributed by atoms with Crippen molar-refractivity contribution in [1.82, 2.24) is 19.2 Å². The molecule has 3 aliphatic rings. The lowest BCUT2D eigenvalue weighted by Crippen LogP contribution is -2.41. The van der Waals surface area contributed by atoms with Crippen molar-refractivity contribution in [2.75, 3.05) is 39.0 Å². The number of imidazole rings is 1. The van der Waals surface area contributed by atoms with Crippen LogP contribution in [0.4, 0.5) is 4.39 Å². The molecule has 0 radical (unpaired) electrons. The van der Waals surface area contributed by atoms with Crippen LogP contribution in [0.15, 0.2) is 47.6 Å². The molecule has 2 aliphatic heterocycles. The molecule has 4 heterocycles. The van der Waals surface area contributed by atoms with Gasteiger partial charge in [0.2, 0.25) is 0 Å². The maximum atomic E-state index is 15.1. The Morgan fingerprint density at radius 1 is 0.943 bits per heavy atom. The summed E-state index contributed by atoms with van der Waals surface area (Å²) >= 11 is 1.72. The highest BCUT2D eigenvalue weighted by Crippen LogP contribution is 2.34. The third-order valence-corrected chi connectivity index (χ3v) is 9.18. The van der Waals surface area contributed by atoms with Gasteiger partial charge in [-0.05, 0) is 113 Å². The maximum Gasteiger partial charge on any atom is 0.173 e. The molecule has 2 saturated heterocycles. The number of aromatic nitrogens is 2. The van der Waals surface area contributed by atoms with Gasteiger partial charge in [-0.15, -0.1) is 11.8 Å². The molecule has 1 aromatic carbocycles. The first-order valence-electron chi connectivity index (χ1n) is 13.5. The van der Waals surface area contributed by atoms with Gasteiger partial charge in [-0.2, -0.15) is 0 Å². The number of hydrogen-bond acceptors (Lipinski definition) is 4. The smallest absolute Gasteiger partial charge is 0.173 e. The highest BCUT2D eigenvalue weighted by atomic mass is 32.2. The van der Waals surface area contributed by atoms with Gasteiger partial charge < -0.3 is 14.2 Å². The van der Waals surface area contributed by atoms with Crippen molar-refractivity contribution >= 4 is 17.4 Å². The summed E-state index contributed by atoms with van der Waals surface area (Å²) in [6.45, 7) is 6.16. The van der Waals surface area contributed by atoms with E-state index in [0.717, 1.165) is 54.7 Å². The largest absolute Gasteiger partial charge is 0.304 e. The fourth-order valence-corrected chi connectivity index (χ4v) is 6.56. The van der Waals surface area contributed by atoms with Crippen molar-refractivity contribution in [3.8, 4) is 11.3 Å². The average Bonchev–Trinajstić information content (AvgIpc) is 3.65. The van der Waals surface area contributed by atoms with E-state index in [2.05, 4.69) is 51.5 Å². The van der Waals surface area contributed by atoms with Crippen LogP contribution >= 0.6 is 11.8 Å². The van der Waals surface area contributed by atoms with Gasteiger partial charge in [-0.25, -0.2) is 9.37 Å². The van der Waals surface area contributed by atoms with Crippen molar-refractivity contribution in [3.05, 3.63) is 54.1 Å². The average molecular weight is 493 g/mol. The lowest BCUT2D eigenvalue weighted by atomic mass is 9.89. The van der Waals surface area contributed by atoms with Gasteiger partial charge in [0.15, 0.2) is 11.5 Å². The molecule has 6 rings (SSSR count). The molecule has 0 spiro atoms. The monoisotopic (exact) mass is 492 g/mol. The molecule has 6 heteroatoms. The molecule has 0 bridgehead atoms. The first kappa shape index (κ1) is 23.5. The van der Waals surface area contributed by atoms with Crippen molar-refractivity contribution in [2.45, 2.75) is 61.8 Å². The maximum absolute atomic E-state index is 15.1. The van der Waals surface area contributed by atoms with E-state index in [1.165, 1.54) is 56.6 Å². The van der Waals surface area contributed by atoms with Crippen LogP contribution in [0, 0.1) is 11.7 Å². The summed E-state index contributed by atoms with van der Waals surface area (Å²) in [6, 6.07) is 10.8. The molecular weight excluding hydrogens is 455 g/mol. The second-order valence-corrected chi connectivity index (χ2v) is 11.7. The number of pyridine rings is 1. The van der Waals surface area contributed by atoms with Crippen LogP contribution < -0.4 is 0 Å². The second-order valence-electron chi connectivity index (χ2n) is 10.8. The topological polar surface area (TPSA) is 23.8 Å². The zero-order chi connectivity index (χ0) is 23.8. The minimum Gasteiger partial charge on any atom is -0.304 e. The Hall–Kier alpha value is -1.89. The Morgan fingerprint density at radius 2 is 1.74 bits per heavy atom. The number of nitrogens with zero attached hydrogens (tertiary/aromatic N) is 4. The summed E-state index contributed by atoms with van der Waals surface area (Å²) in [6.07, 6.45) is 15.3. The zero-order valence-corrected chi connectivity index (χ0v) is 21.7. The zero-order valence-electron chi connectivity index (χ0n) is 20.8. The van der Waals surface area contributed by atoms with E-state index in [1.807, 2.05) is 10.6 Å². The summed E-state index contributed by atoms with van der Waals surface area (Å²) in [7, 11) is 0. The predicted octanol–water partition coefficient (Wildman–Crippen LogP) is 6.31. The van der Waals surface area contributed by atoms with Gasteiger partial charge in [-0.3, -0.25) is 0 Å². The van der Waals surface area contributed by atoms with Crippen molar-refractivity contribution in [1.29, 1.82) is 0 Å². The first-order chi connectivity index (χ1) is 17.2. The van der Waals surface area contributed by atoms with Gasteiger partial charge in [-0.1, -0.05) is 12.1 Å². The van der Waals surface area contributed by atoms with Crippen molar-refractivity contribution < 1.29 is 4.39 Å². The van der Waals surface area contributed by atoms with Gasteiger partial charge >= 0.3 is 0 Å². The van der Waals surface area contributed by atoms with E-state index in [-0.39, 0.29) is 5.82 Å². The molecule has 2 aromatic heterocycles. The molecule has 1 unspecified atom stereocenters. The Labute approximate surface area is 212 Å². The lowest BCUT2D eigenvalue weighted by molar-refractivity contribution is 0.137. The molecule has 35 heavy (non-hydrogen) atoms. The van der Waals surface area contributed by atoms with Crippen LogP contribution in [0.25, 0.3) is 16.9 Å². The van der Waals surface area contributed by atoms with Gasteiger partial charge in [0.25, 0.3) is 0 Å². The lowest BCUT2D eigenvalue weighted by Gasteiger charge is -2.37. The molecule has 186 valence electrons. The van der Waals surface area contributed by atoms with Crippen LogP contribution in [0.1, 0.15) is 56.4 Å². The van der Waals surface area contributed by atoms with Crippen LogP contribution in [0.3, 0.4) is 0 Å². The number of benzene rings is 1. The number of piperidine rings is 1. The highest BCUT2D eigenvalue weighted by molar-refractivity contribution is 7.98. The van der Waals surface area contributed by atoms with Crippen LogP contribution in [-0.2, 0) is 0 Å². The molecule has 1 atom stereocenters.